The summed E-state index contributed by atoms with van der Waals surface area (Å²) in [5.74, 6) is -6.16. The van der Waals surface area contributed by atoms with E-state index >= 15 is 0 Å². The molecule has 2 atom stereocenters. The van der Waals surface area contributed by atoms with E-state index in [9.17, 15) is 39.6 Å². The van der Waals surface area contributed by atoms with Crippen LogP contribution in [0.2, 0.25) is 0 Å². The minimum absolute atomic E-state index is 0. The quantitative estimate of drug-likeness (QED) is 0.372. The maximum atomic E-state index is 9.71. The fourth-order valence-electron chi connectivity index (χ4n) is 0.526. The average molecular weight is 437 g/mol. The molecule has 0 aliphatic rings. The van der Waals surface area contributed by atoms with Gasteiger partial charge in [0.1, 0.15) is 0 Å². The van der Waals surface area contributed by atoms with Gasteiger partial charge in [0.05, 0.1) is 11.9 Å². The first-order valence-corrected chi connectivity index (χ1v) is 4.40. The van der Waals surface area contributed by atoms with Crippen LogP contribution < -0.4 is 237 Å². The molecule has 0 aliphatic carbocycles. The maximum absolute atomic E-state index is 9.71. The third-order valence-corrected chi connectivity index (χ3v) is 1.38. The van der Waals surface area contributed by atoms with Crippen molar-refractivity contribution in [2.45, 2.75) is 24.9 Å². The van der Waals surface area contributed by atoms with Crippen LogP contribution in [0.25, 0.3) is 0 Å². The predicted molar refractivity (Wildman–Crippen MR) is 48.8 cm³/mol. The zero-order valence-electron chi connectivity index (χ0n) is 13.5. The Hall–Kier alpha value is 4.31. The van der Waals surface area contributed by atoms with Gasteiger partial charge in [0.2, 0.25) is 0 Å². The second-order valence-electron chi connectivity index (χ2n) is 3.00. The van der Waals surface area contributed by atoms with Gasteiger partial charge in [-0.15, -0.1) is 0 Å². The van der Waals surface area contributed by atoms with Crippen LogP contribution in [0.3, 0.4) is 0 Å². The summed E-state index contributed by atoms with van der Waals surface area (Å²) in [4.78, 5) is 38.7. The van der Waals surface area contributed by atoms with Gasteiger partial charge >= 0.3 is 206 Å². The van der Waals surface area contributed by atoms with Crippen molar-refractivity contribution in [3.8, 4) is 0 Å². The number of hydrogen-bond donors (Lipinski definition) is 2. The summed E-state index contributed by atoms with van der Waals surface area (Å²) < 4.78 is 0. The van der Waals surface area contributed by atoms with E-state index in [2.05, 4.69) is 0 Å². The van der Waals surface area contributed by atoms with Crippen molar-refractivity contribution < 1.29 is 251 Å². The first-order chi connectivity index (χ1) is 8.07. The SMILES string of the molecule is NC(CC(=O)[O-])C(=O)[O-].NC(CC(=O)[O-])C(=O)[O-].O.[K+].[K+].[K+].[K+]. The molecule has 0 spiro atoms. The van der Waals surface area contributed by atoms with Gasteiger partial charge in [-0.1, -0.05) is 0 Å². The van der Waals surface area contributed by atoms with Crippen molar-refractivity contribution in [3.63, 3.8) is 0 Å². The molecule has 0 aromatic rings. The van der Waals surface area contributed by atoms with Crippen LogP contribution in [0.1, 0.15) is 12.8 Å². The molecule has 2 unspecified atom stereocenters. The summed E-state index contributed by atoms with van der Waals surface area (Å²) in [7, 11) is 0. The van der Waals surface area contributed by atoms with Crippen molar-refractivity contribution in [1.29, 1.82) is 0 Å². The number of carboxylic acids is 4. The number of aliphatic carboxylic acids is 4. The second kappa shape index (κ2) is 28.5. The minimum atomic E-state index is -1.58. The molecule has 0 radical (unpaired) electrons. The van der Waals surface area contributed by atoms with Crippen LogP contribution in [-0.2, 0) is 19.2 Å². The summed E-state index contributed by atoms with van der Waals surface area (Å²) in [5, 5.41) is 38.7. The standard InChI is InChI=1S/2C4H7NO4.4K.H2O/c2*5-2(4(8)9)1-3(6)7;;;;;/h2*2H,1,5H2,(H,6,7)(H,8,9);;;;;1H2/q;;4*+1;/p-4. The zero-order chi connectivity index (χ0) is 14.9. The number of carbonyl (C=O) groups excluding carboxylic acids is 4. The van der Waals surface area contributed by atoms with Crippen molar-refractivity contribution in [1.82, 2.24) is 0 Å². The molecular weight excluding hydrogens is 424 g/mol. The summed E-state index contributed by atoms with van der Waals surface area (Å²) in [6.07, 6.45) is -1.41. The van der Waals surface area contributed by atoms with Crippen LogP contribution in [-0.4, -0.2) is 41.4 Å². The molecule has 0 fully saturated rings. The van der Waals surface area contributed by atoms with Crippen LogP contribution in [0.4, 0.5) is 0 Å². The summed E-state index contributed by atoms with van der Waals surface area (Å²) >= 11 is 0. The zero-order valence-corrected chi connectivity index (χ0v) is 26.0. The van der Waals surface area contributed by atoms with Gasteiger partial charge in [0, 0.05) is 36.9 Å². The van der Waals surface area contributed by atoms with Crippen LogP contribution in [0.5, 0.6) is 0 Å². The summed E-state index contributed by atoms with van der Waals surface area (Å²) in [6, 6.07) is -2.93. The van der Waals surface area contributed by atoms with E-state index in [1.165, 1.54) is 0 Å². The van der Waals surface area contributed by atoms with Crippen LogP contribution >= 0.6 is 0 Å². The van der Waals surface area contributed by atoms with E-state index in [0.717, 1.165) is 0 Å². The largest absolute Gasteiger partial charge is 1.00 e. The van der Waals surface area contributed by atoms with Gasteiger partial charge < -0.3 is 56.5 Å². The maximum Gasteiger partial charge on any atom is 1.00 e. The number of nitrogens with two attached hydrogens (primary N) is 2. The van der Waals surface area contributed by atoms with E-state index in [1.54, 1.807) is 0 Å². The molecule has 0 heterocycles. The fraction of sp³-hybridized carbons (Fsp3) is 0.500. The Morgan fingerprint density at radius 2 is 0.826 bits per heavy atom. The summed E-state index contributed by atoms with van der Waals surface area (Å²) in [5.41, 5.74) is 9.47. The Bertz CT molecular complexity index is 314. The van der Waals surface area contributed by atoms with Gasteiger partial charge in [-0.3, -0.25) is 0 Å². The van der Waals surface area contributed by atoms with E-state index in [1.807, 2.05) is 0 Å². The molecule has 11 nitrogen and oxygen atoms in total. The van der Waals surface area contributed by atoms with Gasteiger partial charge in [-0.25, -0.2) is 0 Å². The summed E-state index contributed by atoms with van der Waals surface area (Å²) in [6.45, 7) is 0. The smallest absolute Gasteiger partial charge is 0.550 e. The van der Waals surface area contributed by atoms with Gasteiger partial charge in [-0.2, -0.15) is 0 Å². The Labute approximate surface area is 302 Å². The molecular formula is C8H12K4N2O9. The molecule has 0 bridgehead atoms. The Balaban J connectivity index is -0.0000000366. The molecule has 0 rings (SSSR count). The molecule has 6 N–H and O–H groups in total. The van der Waals surface area contributed by atoms with Crippen molar-refractivity contribution >= 4 is 23.9 Å². The first-order valence-electron chi connectivity index (χ1n) is 4.40. The van der Waals surface area contributed by atoms with E-state index < -0.39 is 48.8 Å². The molecule has 0 saturated carbocycles. The molecule has 23 heavy (non-hydrogen) atoms. The predicted octanol–water partition coefficient (Wildman–Crippen LogP) is -20.4. The van der Waals surface area contributed by atoms with E-state index in [-0.39, 0.29) is 211 Å². The van der Waals surface area contributed by atoms with Crippen molar-refractivity contribution in [3.05, 3.63) is 0 Å². The number of hydrogen-bond acceptors (Lipinski definition) is 10. The monoisotopic (exact) mass is 436 g/mol. The Morgan fingerprint density at radius 1 is 0.652 bits per heavy atom. The number of carbonyl (C=O) groups is 4. The first kappa shape index (κ1) is 45.8. The molecule has 0 saturated heterocycles. The minimum Gasteiger partial charge on any atom is -0.550 e. The molecule has 0 amide bonds. The van der Waals surface area contributed by atoms with Gasteiger partial charge in [0.25, 0.3) is 0 Å². The molecule has 0 aromatic carbocycles. The van der Waals surface area contributed by atoms with Gasteiger partial charge in [0.15, 0.2) is 0 Å². The van der Waals surface area contributed by atoms with Crippen molar-refractivity contribution in [2.24, 2.45) is 11.5 Å². The Kier molecular flexibility index (Phi) is 56.8. The Morgan fingerprint density at radius 3 is 0.870 bits per heavy atom. The fourth-order valence-corrected chi connectivity index (χ4v) is 0.526. The van der Waals surface area contributed by atoms with E-state index in [0.29, 0.717) is 0 Å². The number of carboxylic acid groups (broad SMARTS) is 4. The third-order valence-electron chi connectivity index (χ3n) is 1.38. The van der Waals surface area contributed by atoms with E-state index in [4.69, 9.17) is 11.5 Å². The molecule has 0 aliphatic heterocycles. The second-order valence-corrected chi connectivity index (χ2v) is 3.00. The topological polar surface area (TPSA) is 244 Å². The molecule has 15 heteroatoms. The molecule has 0 aromatic heterocycles. The normalized spacial score (nSPS) is 9.83. The van der Waals surface area contributed by atoms with Crippen molar-refractivity contribution in [2.75, 3.05) is 0 Å². The van der Waals surface area contributed by atoms with Crippen LogP contribution in [0.15, 0.2) is 0 Å². The van der Waals surface area contributed by atoms with Crippen LogP contribution in [0, 0.1) is 0 Å². The third kappa shape index (κ3) is 37.7. The number of rotatable bonds is 6. The van der Waals surface area contributed by atoms with Gasteiger partial charge in [-0.05, 0) is 0 Å². The average Bonchev–Trinajstić information content (AvgIpc) is 2.16. The molecule has 112 valence electrons.